The fourth-order valence-electron chi connectivity index (χ4n) is 2.67. The molecule has 0 aromatic heterocycles. The summed E-state index contributed by atoms with van der Waals surface area (Å²) in [5.74, 6) is 0.235. The molecule has 1 aromatic rings. The van der Waals surface area contributed by atoms with Crippen LogP contribution in [-0.2, 0) is 16.8 Å². The molecule has 0 saturated carbocycles. The van der Waals surface area contributed by atoms with Gasteiger partial charge in [0.05, 0.1) is 0 Å². The third-order valence-electron chi connectivity index (χ3n) is 4.04. The molecule has 1 aromatic carbocycles. The van der Waals surface area contributed by atoms with E-state index in [0.717, 1.165) is 24.0 Å². The smallest absolute Gasteiger partial charge is 0.282 e. The van der Waals surface area contributed by atoms with Crippen LogP contribution >= 0.6 is 0 Å². The van der Waals surface area contributed by atoms with Crippen molar-refractivity contribution < 1.29 is 13.5 Å². The molecule has 0 atom stereocenters. The highest BCUT2D eigenvalue weighted by Gasteiger charge is 2.30. The van der Waals surface area contributed by atoms with E-state index in [1.54, 1.807) is 7.05 Å². The molecule has 1 saturated heterocycles. The minimum atomic E-state index is -3.42. The zero-order valence-electron chi connectivity index (χ0n) is 12.7. The average Bonchev–Trinajstić information content (AvgIpc) is 2.47. The largest absolute Gasteiger partial charge is 0.396 e. The van der Waals surface area contributed by atoms with Gasteiger partial charge in [0.15, 0.2) is 0 Å². The number of hydrogen-bond acceptors (Lipinski definition) is 3. The van der Waals surface area contributed by atoms with Crippen molar-refractivity contribution >= 4 is 10.2 Å². The molecular weight excluding hydrogens is 288 g/mol. The first-order valence-corrected chi connectivity index (χ1v) is 8.71. The molecule has 5 nitrogen and oxygen atoms in total. The van der Waals surface area contributed by atoms with Crippen LogP contribution in [0.25, 0.3) is 0 Å². The standard InChI is InChI=1S/C15H24N2O3S/c1-13-4-3-5-15(10-13)11-16(2)21(19,20)17-8-6-14(12-18)7-9-17/h3-5,10,14,18H,6-9,11-12H2,1-2H3. The summed E-state index contributed by atoms with van der Waals surface area (Å²) in [6.45, 7) is 3.51. The molecule has 0 spiro atoms. The van der Waals surface area contributed by atoms with Crippen LogP contribution in [-0.4, -0.2) is 48.9 Å². The van der Waals surface area contributed by atoms with Gasteiger partial charge in [0.25, 0.3) is 10.2 Å². The third kappa shape index (κ3) is 4.03. The molecule has 0 aliphatic carbocycles. The van der Waals surface area contributed by atoms with Gasteiger partial charge in [-0.3, -0.25) is 0 Å². The van der Waals surface area contributed by atoms with E-state index in [1.165, 1.54) is 8.61 Å². The Morgan fingerprint density at radius 3 is 2.57 bits per heavy atom. The van der Waals surface area contributed by atoms with Crippen molar-refractivity contribution in [3.8, 4) is 0 Å². The molecule has 0 amide bonds. The monoisotopic (exact) mass is 312 g/mol. The van der Waals surface area contributed by atoms with Crippen molar-refractivity contribution in [1.82, 2.24) is 8.61 Å². The summed E-state index contributed by atoms with van der Waals surface area (Å²) in [5.41, 5.74) is 2.12. The summed E-state index contributed by atoms with van der Waals surface area (Å²) in [4.78, 5) is 0. The van der Waals surface area contributed by atoms with Gasteiger partial charge in [0.2, 0.25) is 0 Å². The number of aliphatic hydroxyl groups is 1. The van der Waals surface area contributed by atoms with Gasteiger partial charge in [-0.25, -0.2) is 0 Å². The van der Waals surface area contributed by atoms with Gasteiger partial charge in [-0.1, -0.05) is 29.8 Å². The number of aryl methyl sites for hydroxylation is 1. The van der Waals surface area contributed by atoms with Gasteiger partial charge in [0.1, 0.15) is 0 Å². The molecular formula is C15H24N2O3S. The highest BCUT2D eigenvalue weighted by atomic mass is 32.2. The minimum Gasteiger partial charge on any atom is -0.396 e. The highest BCUT2D eigenvalue weighted by Crippen LogP contribution is 2.21. The third-order valence-corrected chi connectivity index (χ3v) is 5.97. The molecule has 0 bridgehead atoms. The van der Waals surface area contributed by atoms with Crippen LogP contribution in [0, 0.1) is 12.8 Å². The molecule has 1 fully saturated rings. The van der Waals surface area contributed by atoms with E-state index in [9.17, 15) is 8.42 Å². The Bertz CT molecular complexity index is 566. The lowest BCUT2D eigenvalue weighted by Crippen LogP contribution is -2.45. The summed E-state index contributed by atoms with van der Waals surface area (Å²) in [5, 5.41) is 9.13. The van der Waals surface area contributed by atoms with Crippen molar-refractivity contribution in [2.75, 3.05) is 26.7 Å². The maximum atomic E-state index is 12.6. The molecule has 118 valence electrons. The zero-order valence-corrected chi connectivity index (χ0v) is 13.5. The number of hydrogen-bond donors (Lipinski definition) is 1. The number of rotatable bonds is 5. The van der Waals surface area contributed by atoms with Gasteiger partial charge in [0, 0.05) is 33.3 Å². The Hall–Kier alpha value is -0.950. The van der Waals surface area contributed by atoms with Gasteiger partial charge in [-0.2, -0.15) is 17.0 Å². The Labute approximate surface area is 127 Å². The van der Waals surface area contributed by atoms with Crippen LogP contribution in [0.4, 0.5) is 0 Å². The first-order chi connectivity index (χ1) is 9.93. The summed E-state index contributed by atoms with van der Waals surface area (Å²) in [7, 11) is -1.80. The topological polar surface area (TPSA) is 60.9 Å². The molecule has 1 aliphatic heterocycles. The van der Waals surface area contributed by atoms with Gasteiger partial charge in [-0.05, 0) is 31.2 Å². The van der Waals surface area contributed by atoms with Gasteiger partial charge in [-0.15, -0.1) is 0 Å². The number of piperidine rings is 1. The Morgan fingerprint density at radius 1 is 1.33 bits per heavy atom. The van der Waals surface area contributed by atoms with Crippen LogP contribution in [0.2, 0.25) is 0 Å². The summed E-state index contributed by atoms with van der Waals surface area (Å²) in [6, 6.07) is 7.89. The van der Waals surface area contributed by atoms with E-state index >= 15 is 0 Å². The second-order valence-electron chi connectivity index (χ2n) is 5.78. The minimum absolute atomic E-state index is 0.146. The molecule has 21 heavy (non-hydrogen) atoms. The molecule has 0 radical (unpaired) electrons. The van der Waals surface area contributed by atoms with Crippen molar-refractivity contribution in [3.63, 3.8) is 0 Å². The Kier molecular flexibility index (Phi) is 5.37. The van der Waals surface area contributed by atoms with E-state index < -0.39 is 10.2 Å². The van der Waals surface area contributed by atoms with Crippen LogP contribution < -0.4 is 0 Å². The molecule has 1 N–H and O–H groups in total. The first kappa shape index (κ1) is 16.4. The predicted octanol–water partition coefficient (Wildman–Crippen LogP) is 1.38. The predicted molar refractivity (Wildman–Crippen MR) is 82.9 cm³/mol. The van der Waals surface area contributed by atoms with Crippen LogP contribution in [0.5, 0.6) is 0 Å². The summed E-state index contributed by atoms with van der Waals surface area (Å²) >= 11 is 0. The SMILES string of the molecule is Cc1cccc(CN(C)S(=O)(=O)N2CCC(CO)CC2)c1. The second kappa shape index (κ2) is 6.87. The Morgan fingerprint density at radius 2 is 2.00 bits per heavy atom. The highest BCUT2D eigenvalue weighted by molar-refractivity contribution is 7.86. The second-order valence-corrected chi connectivity index (χ2v) is 7.81. The van der Waals surface area contributed by atoms with Crippen molar-refractivity contribution in [2.45, 2.75) is 26.3 Å². The molecule has 0 unspecified atom stereocenters. The van der Waals surface area contributed by atoms with Gasteiger partial charge >= 0.3 is 0 Å². The van der Waals surface area contributed by atoms with E-state index in [1.807, 2.05) is 31.2 Å². The molecule has 6 heteroatoms. The van der Waals surface area contributed by atoms with Crippen molar-refractivity contribution in [3.05, 3.63) is 35.4 Å². The fourth-order valence-corrected chi connectivity index (χ4v) is 4.05. The lowest BCUT2D eigenvalue weighted by atomic mass is 10.00. The lowest BCUT2D eigenvalue weighted by Gasteiger charge is -2.33. The van der Waals surface area contributed by atoms with E-state index in [0.29, 0.717) is 19.6 Å². The summed E-state index contributed by atoms with van der Waals surface area (Å²) in [6.07, 6.45) is 1.46. The maximum absolute atomic E-state index is 12.6. The number of benzene rings is 1. The van der Waals surface area contributed by atoms with E-state index in [2.05, 4.69) is 0 Å². The average molecular weight is 312 g/mol. The lowest BCUT2D eigenvalue weighted by molar-refractivity contribution is 0.166. The molecule has 2 rings (SSSR count). The van der Waals surface area contributed by atoms with Crippen LogP contribution in [0.3, 0.4) is 0 Å². The van der Waals surface area contributed by atoms with Crippen LogP contribution in [0.1, 0.15) is 24.0 Å². The quantitative estimate of drug-likeness (QED) is 0.893. The maximum Gasteiger partial charge on any atom is 0.282 e. The van der Waals surface area contributed by atoms with Gasteiger partial charge < -0.3 is 5.11 Å². The molecule has 1 aliphatic rings. The van der Waals surface area contributed by atoms with E-state index in [-0.39, 0.29) is 12.5 Å². The summed E-state index contributed by atoms with van der Waals surface area (Å²) < 4.78 is 28.0. The van der Waals surface area contributed by atoms with E-state index in [4.69, 9.17) is 5.11 Å². The van der Waals surface area contributed by atoms with Crippen LogP contribution in [0.15, 0.2) is 24.3 Å². The fraction of sp³-hybridized carbons (Fsp3) is 0.600. The zero-order chi connectivity index (χ0) is 15.5. The van der Waals surface area contributed by atoms with Crippen molar-refractivity contribution in [1.29, 1.82) is 0 Å². The van der Waals surface area contributed by atoms with Crippen molar-refractivity contribution in [2.24, 2.45) is 5.92 Å². The number of nitrogens with zero attached hydrogens (tertiary/aromatic N) is 2. The Balaban J connectivity index is 2.02. The molecule has 1 heterocycles. The first-order valence-electron chi connectivity index (χ1n) is 7.31. The number of aliphatic hydroxyl groups excluding tert-OH is 1. The normalized spacial score (nSPS) is 18.3.